The number of nitrogens with one attached hydrogen (secondary N) is 1. The minimum atomic E-state index is 0.748. The van der Waals surface area contributed by atoms with Gasteiger partial charge in [0, 0.05) is 32.2 Å². The number of hydrogen-bond donors (Lipinski definition) is 1. The van der Waals surface area contributed by atoms with Gasteiger partial charge in [-0.1, -0.05) is 26.2 Å². The highest BCUT2D eigenvalue weighted by molar-refractivity contribution is 4.86. The van der Waals surface area contributed by atoms with Crippen LogP contribution in [0.5, 0.6) is 0 Å². The van der Waals surface area contributed by atoms with E-state index in [0.717, 1.165) is 17.9 Å². The fraction of sp³-hybridized carbons (Fsp3) is 1.00. The number of nitrogens with zero attached hydrogens (tertiary/aromatic N) is 2. The van der Waals surface area contributed by atoms with E-state index in [9.17, 15) is 0 Å². The van der Waals surface area contributed by atoms with Gasteiger partial charge in [-0.3, -0.25) is 0 Å². The first-order valence-corrected chi connectivity index (χ1v) is 8.26. The SMILES string of the molecule is CC1CN(CCNCC2CCCCC2)CC1N(C)C. The minimum absolute atomic E-state index is 0.748. The predicted octanol–water partition coefficient (Wildman–Crippen LogP) is 2.04. The average Bonchev–Trinajstić information content (AvgIpc) is 2.77. The largest absolute Gasteiger partial charge is 0.315 e. The highest BCUT2D eigenvalue weighted by atomic mass is 15.2. The van der Waals surface area contributed by atoms with Crippen LogP contribution in [-0.2, 0) is 0 Å². The van der Waals surface area contributed by atoms with Crippen LogP contribution >= 0.6 is 0 Å². The van der Waals surface area contributed by atoms with Crippen LogP contribution in [0.4, 0.5) is 0 Å². The van der Waals surface area contributed by atoms with Gasteiger partial charge < -0.3 is 15.1 Å². The van der Waals surface area contributed by atoms with Gasteiger partial charge in [0.25, 0.3) is 0 Å². The summed E-state index contributed by atoms with van der Waals surface area (Å²) >= 11 is 0. The van der Waals surface area contributed by atoms with Crippen molar-refractivity contribution in [1.29, 1.82) is 0 Å². The molecule has 1 aliphatic heterocycles. The second-order valence-electron chi connectivity index (χ2n) is 6.98. The number of hydrogen-bond acceptors (Lipinski definition) is 3. The first-order valence-electron chi connectivity index (χ1n) is 8.26. The van der Waals surface area contributed by atoms with Gasteiger partial charge in [-0.25, -0.2) is 0 Å². The van der Waals surface area contributed by atoms with Crippen molar-refractivity contribution in [3.63, 3.8) is 0 Å². The van der Waals surface area contributed by atoms with Crippen molar-refractivity contribution in [2.75, 3.05) is 46.8 Å². The molecule has 1 saturated carbocycles. The van der Waals surface area contributed by atoms with Crippen molar-refractivity contribution in [3.05, 3.63) is 0 Å². The lowest BCUT2D eigenvalue weighted by Gasteiger charge is -2.23. The average molecular weight is 267 g/mol. The van der Waals surface area contributed by atoms with E-state index >= 15 is 0 Å². The summed E-state index contributed by atoms with van der Waals surface area (Å²) in [7, 11) is 4.43. The van der Waals surface area contributed by atoms with E-state index in [2.05, 4.69) is 36.1 Å². The Morgan fingerprint density at radius 2 is 1.84 bits per heavy atom. The lowest BCUT2D eigenvalue weighted by molar-refractivity contribution is 0.251. The molecule has 2 fully saturated rings. The van der Waals surface area contributed by atoms with E-state index in [0.29, 0.717) is 0 Å². The Hall–Kier alpha value is -0.120. The Bertz CT molecular complexity index is 248. The van der Waals surface area contributed by atoms with E-state index in [-0.39, 0.29) is 0 Å². The number of likely N-dealkylation sites (N-methyl/N-ethyl adjacent to an activating group) is 1. The summed E-state index contributed by atoms with van der Waals surface area (Å²) in [6, 6.07) is 0.748. The topological polar surface area (TPSA) is 18.5 Å². The van der Waals surface area contributed by atoms with Gasteiger partial charge in [-0.2, -0.15) is 0 Å². The summed E-state index contributed by atoms with van der Waals surface area (Å²) in [6.45, 7) is 8.55. The van der Waals surface area contributed by atoms with E-state index < -0.39 is 0 Å². The Labute approximate surface area is 119 Å². The van der Waals surface area contributed by atoms with Gasteiger partial charge in [-0.05, 0) is 45.3 Å². The van der Waals surface area contributed by atoms with E-state index in [1.807, 2.05) is 0 Å². The van der Waals surface area contributed by atoms with E-state index in [1.54, 1.807) is 0 Å². The van der Waals surface area contributed by atoms with Crippen molar-refractivity contribution in [3.8, 4) is 0 Å². The zero-order valence-electron chi connectivity index (χ0n) is 13.2. The van der Waals surface area contributed by atoms with Gasteiger partial charge in [0.2, 0.25) is 0 Å². The molecule has 112 valence electrons. The zero-order valence-corrected chi connectivity index (χ0v) is 13.2. The number of rotatable bonds is 6. The van der Waals surface area contributed by atoms with Gasteiger partial charge >= 0.3 is 0 Å². The maximum atomic E-state index is 3.69. The molecule has 1 saturated heterocycles. The van der Waals surface area contributed by atoms with Crippen molar-refractivity contribution < 1.29 is 0 Å². The normalized spacial score (nSPS) is 30.3. The fourth-order valence-corrected chi connectivity index (χ4v) is 3.84. The maximum Gasteiger partial charge on any atom is 0.0254 e. The van der Waals surface area contributed by atoms with Crippen LogP contribution in [0.2, 0.25) is 0 Å². The van der Waals surface area contributed by atoms with Crippen LogP contribution < -0.4 is 5.32 Å². The molecule has 19 heavy (non-hydrogen) atoms. The third-order valence-electron chi connectivity index (χ3n) is 5.07. The van der Waals surface area contributed by atoms with Gasteiger partial charge in [0.1, 0.15) is 0 Å². The van der Waals surface area contributed by atoms with Crippen molar-refractivity contribution >= 4 is 0 Å². The molecular formula is C16H33N3. The minimum Gasteiger partial charge on any atom is -0.315 e. The monoisotopic (exact) mass is 267 g/mol. The molecule has 1 aliphatic carbocycles. The Kier molecular flexibility index (Phi) is 6.11. The maximum absolute atomic E-state index is 3.69. The van der Waals surface area contributed by atoms with Crippen LogP contribution in [0.1, 0.15) is 39.0 Å². The molecule has 2 unspecified atom stereocenters. The van der Waals surface area contributed by atoms with Gasteiger partial charge in [0.15, 0.2) is 0 Å². The van der Waals surface area contributed by atoms with Crippen LogP contribution in [0, 0.1) is 11.8 Å². The standard InChI is InChI=1S/C16H33N3/c1-14-12-19(13-16(14)18(2)3)10-9-17-11-15-7-5-4-6-8-15/h14-17H,4-13H2,1-3H3. The van der Waals surface area contributed by atoms with Crippen LogP contribution in [0.15, 0.2) is 0 Å². The molecule has 1 N–H and O–H groups in total. The highest BCUT2D eigenvalue weighted by Crippen LogP contribution is 2.23. The van der Waals surface area contributed by atoms with Crippen LogP contribution in [0.3, 0.4) is 0 Å². The molecule has 3 heteroatoms. The molecule has 0 bridgehead atoms. The molecular weight excluding hydrogens is 234 g/mol. The predicted molar refractivity (Wildman–Crippen MR) is 82.5 cm³/mol. The van der Waals surface area contributed by atoms with Crippen LogP contribution in [-0.4, -0.2) is 62.7 Å². The van der Waals surface area contributed by atoms with Crippen LogP contribution in [0.25, 0.3) is 0 Å². The second-order valence-corrected chi connectivity index (χ2v) is 6.98. The highest BCUT2D eigenvalue weighted by Gasteiger charge is 2.30. The Morgan fingerprint density at radius 1 is 1.11 bits per heavy atom. The Morgan fingerprint density at radius 3 is 2.47 bits per heavy atom. The van der Waals surface area contributed by atoms with Crippen molar-refractivity contribution in [2.24, 2.45) is 11.8 Å². The van der Waals surface area contributed by atoms with E-state index in [1.165, 1.54) is 64.8 Å². The van der Waals surface area contributed by atoms with Crippen molar-refractivity contribution in [2.45, 2.75) is 45.1 Å². The summed E-state index contributed by atoms with van der Waals surface area (Å²) in [5.74, 6) is 1.77. The van der Waals surface area contributed by atoms with Gasteiger partial charge in [0.05, 0.1) is 0 Å². The lowest BCUT2D eigenvalue weighted by atomic mass is 9.89. The summed E-state index contributed by atoms with van der Waals surface area (Å²) in [6.07, 6.45) is 7.29. The van der Waals surface area contributed by atoms with Gasteiger partial charge in [-0.15, -0.1) is 0 Å². The summed E-state index contributed by atoms with van der Waals surface area (Å²) in [5, 5.41) is 3.69. The molecule has 0 spiro atoms. The fourth-order valence-electron chi connectivity index (χ4n) is 3.84. The third-order valence-corrected chi connectivity index (χ3v) is 5.07. The third kappa shape index (κ3) is 4.73. The summed E-state index contributed by atoms with van der Waals surface area (Å²) < 4.78 is 0. The van der Waals surface area contributed by atoms with E-state index in [4.69, 9.17) is 0 Å². The number of likely N-dealkylation sites (tertiary alicyclic amines) is 1. The Balaban J connectivity index is 1.56. The summed E-state index contributed by atoms with van der Waals surface area (Å²) in [5.41, 5.74) is 0. The smallest absolute Gasteiger partial charge is 0.0254 e. The zero-order chi connectivity index (χ0) is 13.7. The first kappa shape index (κ1) is 15.3. The molecule has 3 nitrogen and oxygen atoms in total. The molecule has 2 rings (SSSR count). The quantitative estimate of drug-likeness (QED) is 0.743. The molecule has 0 amide bonds. The lowest BCUT2D eigenvalue weighted by Crippen LogP contribution is -2.36. The first-order chi connectivity index (χ1) is 9.16. The molecule has 0 radical (unpaired) electrons. The molecule has 0 aromatic rings. The molecule has 0 aromatic heterocycles. The molecule has 2 atom stereocenters. The van der Waals surface area contributed by atoms with Crippen molar-refractivity contribution in [1.82, 2.24) is 15.1 Å². The second kappa shape index (κ2) is 7.61. The summed E-state index contributed by atoms with van der Waals surface area (Å²) in [4.78, 5) is 5.02. The molecule has 2 aliphatic rings. The molecule has 0 aromatic carbocycles. The molecule has 1 heterocycles.